The molecule has 0 bridgehead atoms. The SMILES string of the molecule is CC(C)(C)c1cc(-c2cc(C(C)(C)C)cc(-c3ccccc3)c2N2[CH-]N(c3[c-]c(Oc4[c-]c5c6[c](c4)[Ge]([c]4ccccc4)([c]4ccccc4)[c]4cccc(c46)n5-c4cc(C(C)(C)C)ccn4)ccc3)c3ccccc32)cc(C(C)(C)C)c1.[Pt]. The van der Waals surface area contributed by atoms with Gasteiger partial charge in [0, 0.05) is 21.1 Å². The van der Waals surface area contributed by atoms with Gasteiger partial charge in [0.15, 0.2) is 0 Å². The number of hydrogen-bond donors (Lipinski definition) is 0. The average Bonchev–Trinajstić information content (AvgIpc) is 2.32. The number of anilines is 4. The minimum absolute atomic E-state index is 0. The van der Waals surface area contributed by atoms with Crippen LogP contribution in [0, 0.1) is 18.8 Å². The number of benzene rings is 9. The molecule has 0 fully saturated rings. The smallest absolute Gasteiger partial charge is 0 e. The zero-order chi connectivity index (χ0) is 57.1. The van der Waals surface area contributed by atoms with Crippen LogP contribution in [0.4, 0.5) is 22.7 Å². The molecule has 11 aromatic rings. The number of fused-ring (bicyclic) bond motifs is 1. The molecule has 0 unspecified atom stereocenters. The van der Waals surface area contributed by atoms with Gasteiger partial charge in [0.05, 0.1) is 0 Å². The molecule has 0 radical (unpaired) electrons. The van der Waals surface area contributed by atoms with Gasteiger partial charge in [-0.25, -0.2) is 0 Å². The molecule has 2 aromatic heterocycles. The Labute approximate surface area is 508 Å². The van der Waals surface area contributed by atoms with Crippen molar-refractivity contribution in [3.63, 3.8) is 0 Å². The van der Waals surface area contributed by atoms with Crippen LogP contribution in [0.2, 0.25) is 0 Å². The van der Waals surface area contributed by atoms with Gasteiger partial charge in [0.25, 0.3) is 0 Å². The second-order valence-electron chi connectivity index (χ2n) is 26.6. The predicted molar refractivity (Wildman–Crippen MR) is 347 cm³/mol. The number of pyridine rings is 1. The molecule has 0 N–H and O–H groups in total. The number of para-hydroxylation sites is 2. The first-order valence-electron chi connectivity index (χ1n) is 28.9. The van der Waals surface area contributed by atoms with E-state index >= 15 is 0 Å². The van der Waals surface area contributed by atoms with E-state index in [2.05, 4.69) is 310 Å². The third kappa shape index (κ3) is 9.66. The number of nitrogens with zero attached hydrogens (tertiary/aromatic N) is 4. The van der Waals surface area contributed by atoms with E-state index < -0.39 is 13.3 Å². The Balaban J connectivity index is 0.00000680. The Morgan fingerprint density at radius 2 is 0.988 bits per heavy atom. The van der Waals surface area contributed by atoms with Crippen molar-refractivity contribution in [2.24, 2.45) is 0 Å². The topological polar surface area (TPSA) is 33.5 Å². The van der Waals surface area contributed by atoms with Gasteiger partial charge in [0.1, 0.15) is 0 Å². The van der Waals surface area contributed by atoms with Gasteiger partial charge in [-0.2, -0.15) is 0 Å². The third-order valence-corrected chi connectivity index (χ3v) is 27.1. The van der Waals surface area contributed by atoms with Gasteiger partial charge < -0.3 is 0 Å². The van der Waals surface area contributed by atoms with Crippen molar-refractivity contribution in [1.82, 2.24) is 9.55 Å². The van der Waals surface area contributed by atoms with E-state index in [0.29, 0.717) is 11.5 Å². The Hall–Kier alpha value is -7.44. The maximum absolute atomic E-state index is 7.25. The monoisotopic (exact) mass is 1320 g/mol. The summed E-state index contributed by atoms with van der Waals surface area (Å²) in [5.41, 5.74) is 15.7. The van der Waals surface area contributed by atoms with Crippen molar-refractivity contribution in [3.8, 4) is 39.6 Å². The van der Waals surface area contributed by atoms with E-state index in [0.717, 1.165) is 45.2 Å². The minimum atomic E-state index is -3.72. The molecule has 4 heterocycles. The van der Waals surface area contributed by atoms with Crippen LogP contribution in [0.1, 0.15) is 105 Å². The third-order valence-electron chi connectivity index (χ3n) is 17.0. The Morgan fingerprint density at radius 1 is 0.446 bits per heavy atom. The summed E-state index contributed by atoms with van der Waals surface area (Å²) in [6.45, 7) is 30.0. The Bertz CT molecular complexity index is 4200. The van der Waals surface area contributed by atoms with Crippen LogP contribution in [-0.4, -0.2) is 22.8 Å². The van der Waals surface area contributed by atoms with Crippen LogP contribution in [0.15, 0.2) is 206 Å². The fraction of sp³-hybridized carbons (Fsp3) is 0.211. The normalized spacial score (nSPS) is 13.9. The standard InChI is InChI=1S/C76H71GeN4O.Pt/c1-73(2,3)52-38-39-78-69(45-52)81-67-37-25-34-63-70(67)71-64(77(63,56-28-18-14-19-29-56)57-30-20-15-21-31-57)47-60(48-68(71)81)82-59-33-24-32-58(46-59)79-49-80(66-36-23-22-35-65(66)79)72-61(50-26-16-13-17-27-50)43-55(76(10,11)12)44-62(72)51-40-53(74(4,5)6)42-54(41-51)75(7,8)9;/h13-45,47,49H,1-12H3;/q-3;. The Kier molecular flexibility index (Phi) is 14.0. The summed E-state index contributed by atoms with van der Waals surface area (Å²) in [5, 5.41) is 2.52. The van der Waals surface area contributed by atoms with Crippen molar-refractivity contribution < 1.29 is 25.8 Å². The molecular weight excluding hydrogens is 1250 g/mol. The first-order valence-corrected chi connectivity index (χ1v) is 33.1. The van der Waals surface area contributed by atoms with E-state index in [4.69, 9.17) is 9.72 Å². The summed E-state index contributed by atoms with van der Waals surface area (Å²) in [4.78, 5) is 9.79. The summed E-state index contributed by atoms with van der Waals surface area (Å²) in [6, 6.07) is 81.9. The quantitative estimate of drug-likeness (QED) is 0.107. The first kappa shape index (κ1) is 56.1. The van der Waals surface area contributed by atoms with Gasteiger partial charge in [-0.3, -0.25) is 0 Å². The molecule has 2 aliphatic rings. The van der Waals surface area contributed by atoms with E-state index in [-0.39, 0.29) is 42.7 Å². The maximum atomic E-state index is 7.25. The van der Waals surface area contributed by atoms with Crippen molar-refractivity contribution in [2.45, 2.75) is 105 Å². The molecule has 5 nitrogen and oxygen atoms in total. The van der Waals surface area contributed by atoms with Crippen LogP contribution in [0.25, 0.3) is 49.9 Å². The minimum Gasteiger partial charge on any atom is -0.0561 e. The van der Waals surface area contributed by atoms with Crippen molar-refractivity contribution in [2.75, 3.05) is 9.80 Å². The number of hydrogen-bond acceptors (Lipinski definition) is 4. The second-order valence-corrected chi connectivity index (χ2v) is 34.5. The fourth-order valence-electron chi connectivity index (χ4n) is 12.6. The van der Waals surface area contributed by atoms with E-state index in [1.807, 2.05) is 12.3 Å². The molecule has 83 heavy (non-hydrogen) atoms. The first-order chi connectivity index (χ1) is 39.2. The molecule has 13 rings (SSSR count). The number of aromatic nitrogens is 2. The fourth-order valence-corrected chi connectivity index (χ4v) is 23.5. The zero-order valence-corrected chi connectivity index (χ0v) is 54.1. The van der Waals surface area contributed by atoms with Crippen LogP contribution in [0.5, 0.6) is 11.5 Å². The molecule has 0 aliphatic carbocycles. The summed E-state index contributed by atoms with van der Waals surface area (Å²) in [5.74, 6) is 2.11. The number of rotatable bonds is 9. The second kappa shape index (κ2) is 20.7. The zero-order valence-electron chi connectivity index (χ0n) is 49.7. The van der Waals surface area contributed by atoms with Gasteiger partial charge >= 0.3 is 324 Å². The number of ether oxygens (including phenoxy) is 1. The molecule has 7 heteroatoms. The van der Waals surface area contributed by atoms with Gasteiger partial charge in [-0.15, -0.1) is 0 Å². The van der Waals surface area contributed by atoms with E-state index in [1.54, 1.807) is 0 Å². The van der Waals surface area contributed by atoms with Gasteiger partial charge in [0.2, 0.25) is 0 Å². The molecule has 418 valence electrons. The molecule has 0 atom stereocenters. The molecule has 0 saturated carbocycles. The van der Waals surface area contributed by atoms with Crippen LogP contribution >= 0.6 is 0 Å². The van der Waals surface area contributed by atoms with Crippen molar-refractivity contribution in [3.05, 3.63) is 247 Å². The van der Waals surface area contributed by atoms with Crippen LogP contribution in [-0.2, 0) is 42.7 Å². The molecule has 0 saturated heterocycles. The molecule has 0 spiro atoms. The molecule has 9 aromatic carbocycles. The summed E-state index contributed by atoms with van der Waals surface area (Å²) < 4.78 is 15.1. The Morgan fingerprint density at radius 3 is 1.59 bits per heavy atom. The summed E-state index contributed by atoms with van der Waals surface area (Å²) in [6.07, 6.45) is 1.95. The summed E-state index contributed by atoms with van der Waals surface area (Å²) >= 11 is -3.72. The van der Waals surface area contributed by atoms with Crippen LogP contribution in [0.3, 0.4) is 0 Å². The van der Waals surface area contributed by atoms with Crippen molar-refractivity contribution >= 4 is 75.4 Å². The van der Waals surface area contributed by atoms with E-state index in [9.17, 15) is 0 Å². The molecular formula is C76H71GeN4OPt-3. The maximum Gasteiger partial charge on any atom is 0 e. The van der Waals surface area contributed by atoms with Crippen LogP contribution < -0.4 is 32.1 Å². The summed E-state index contributed by atoms with van der Waals surface area (Å²) in [7, 11) is 0. The predicted octanol–water partition coefficient (Wildman–Crippen LogP) is 17.2. The average molecular weight is 1320 g/mol. The van der Waals surface area contributed by atoms with Gasteiger partial charge in [-0.1, -0.05) is 111 Å². The molecule has 2 aliphatic heterocycles. The van der Waals surface area contributed by atoms with Crippen molar-refractivity contribution in [1.29, 1.82) is 0 Å². The van der Waals surface area contributed by atoms with E-state index in [1.165, 1.54) is 67.3 Å². The largest absolute Gasteiger partial charge is 0.0561 e. The molecule has 0 amide bonds. The van der Waals surface area contributed by atoms with Gasteiger partial charge in [-0.05, 0) is 56.2 Å².